The summed E-state index contributed by atoms with van der Waals surface area (Å²) >= 11 is 0. The van der Waals surface area contributed by atoms with Crippen molar-refractivity contribution in [1.82, 2.24) is 4.90 Å². The first-order chi connectivity index (χ1) is 10.3. The van der Waals surface area contributed by atoms with Crippen molar-refractivity contribution in [3.05, 3.63) is 29.3 Å². The van der Waals surface area contributed by atoms with Gasteiger partial charge in [-0.25, -0.2) is 0 Å². The number of benzene rings is 1. The maximum Gasteiger partial charge on any atom is 0.123 e. The van der Waals surface area contributed by atoms with Crippen LogP contribution in [0, 0.1) is 11.8 Å². The van der Waals surface area contributed by atoms with Crippen molar-refractivity contribution in [2.75, 3.05) is 20.2 Å². The average Bonchev–Trinajstić information content (AvgIpc) is 2.54. The van der Waals surface area contributed by atoms with Crippen molar-refractivity contribution >= 4 is 0 Å². The Hall–Kier alpha value is -1.06. The fourth-order valence-electron chi connectivity index (χ4n) is 4.14. The van der Waals surface area contributed by atoms with Crippen LogP contribution in [0.15, 0.2) is 18.2 Å². The van der Waals surface area contributed by atoms with E-state index >= 15 is 0 Å². The van der Waals surface area contributed by atoms with Crippen LogP contribution in [0.5, 0.6) is 5.75 Å². The van der Waals surface area contributed by atoms with Crippen LogP contribution in [0.4, 0.5) is 0 Å². The Morgan fingerprint density at radius 2 is 2.00 bits per heavy atom. The molecule has 2 N–H and O–H groups in total. The van der Waals surface area contributed by atoms with Crippen LogP contribution < -0.4 is 10.5 Å². The molecular formula is C18H28N2O. The summed E-state index contributed by atoms with van der Waals surface area (Å²) in [7, 11) is 1.76. The molecule has 2 aliphatic rings. The predicted molar refractivity (Wildman–Crippen MR) is 86.2 cm³/mol. The van der Waals surface area contributed by atoms with E-state index in [1.165, 1.54) is 56.3 Å². The Labute approximate surface area is 128 Å². The number of nitrogens with two attached hydrogens (primary N) is 1. The van der Waals surface area contributed by atoms with Gasteiger partial charge in [-0.15, -0.1) is 0 Å². The summed E-state index contributed by atoms with van der Waals surface area (Å²) < 4.78 is 5.53. The standard InChI is InChI=1S/C18H28N2O/c1-21-18-7-6-14(11-19)10-17(18)13-20-9-8-15-4-2-3-5-16(15)12-20/h6-7,10,15-16H,2-5,8-9,11-13,19H2,1H3. The Kier molecular flexibility index (Phi) is 4.81. The lowest BCUT2D eigenvalue weighted by molar-refractivity contribution is 0.0815. The van der Waals surface area contributed by atoms with Crippen molar-refractivity contribution in [2.45, 2.75) is 45.2 Å². The molecule has 1 aliphatic carbocycles. The van der Waals surface area contributed by atoms with E-state index < -0.39 is 0 Å². The third-order valence-electron chi connectivity index (χ3n) is 5.35. The number of hydrogen-bond donors (Lipinski definition) is 1. The first-order valence-electron chi connectivity index (χ1n) is 8.38. The van der Waals surface area contributed by atoms with Crippen LogP contribution >= 0.6 is 0 Å². The van der Waals surface area contributed by atoms with Gasteiger partial charge in [0.15, 0.2) is 0 Å². The van der Waals surface area contributed by atoms with E-state index in [9.17, 15) is 0 Å². The van der Waals surface area contributed by atoms with Crippen molar-refractivity contribution in [1.29, 1.82) is 0 Å². The van der Waals surface area contributed by atoms with E-state index in [0.717, 1.165) is 24.1 Å². The number of methoxy groups -OCH3 is 1. The van der Waals surface area contributed by atoms with Gasteiger partial charge in [0.25, 0.3) is 0 Å². The van der Waals surface area contributed by atoms with E-state index in [0.29, 0.717) is 6.54 Å². The minimum atomic E-state index is 0.599. The van der Waals surface area contributed by atoms with Crippen LogP contribution in [0.25, 0.3) is 0 Å². The fourth-order valence-corrected chi connectivity index (χ4v) is 4.14. The molecule has 0 amide bonds. The summed E-state index contributed by atoms with van der Waals surface area (Å²) in [4.78, 5) is 2.62. The van der Waals surface area contributed by atoms with Gasteiger partial charge < -0.3 is 10.5 Å². The van der Waals surface area contributed by atoms with Gasteiger partial charge in [0, 0.05) is 25.2 Å². The topological polar surface area (TPSA) is 38.5 Å². The first kappa shape index (κ1) is 14.9. The van der Waals surface area contributed by atoms with E-state index in [1.807, 2.05) is 0 Å². The highest BCUT2D eigenvalue weighted by molar-refractivity contribution is 5.37. The maximum absolute atomic E-state index is 5.78. The lowest BCUT2D eigenvalue weighted by Crippen LogP contribution is -2.41. The number of rotatable bonds is 4. The molecule has 3 heteroatoms. The second-order valence-electron chi connectivity index (χ2n) is 6.68. The summed E-state index contributed by atoms with van der Waals surface area (Å²) in [6.45, 7) is 4.10. The summed E-state index contributed by atoms with van der Waals surface area (Å²) in [6, 6.07) is 6.34. The Morgan fingerprint density at radius 3 is 2.76 bits per heavy atom. The minimum Gasteiger partial charge on any atom is -0.496 e. The molecule has 1 aromatic rings. The molecule has 1 aliphatic heterocycles. The molecule has 0 radical (unpaired) electrons. The van der Waals surface area contributed by atoms with Gasteiger partial charge in [0.05, 0.1) is 7.11 Å². The highest BCUT2D eigenvalue weighted by Gasteiger charge is 2.31. The largest absolute Gasteiger partial charge is 0.496 e. The molecule has 1 saturated carbocycles. The zero-order valence-electron chi connectivity index (χ0n) is 13.2. The van der Waals surface area contributed by atoms with Crippen LogP contribution in [-0.4, -0.2) is 25.1 Å². The van der Waals surface area contributed by atoms with E-state index in [2.05, 4.69) is 23.1 Å². The van der Waals surface area contributed by atoms with Gasteiger partial charge in [0.1, 0.15) is 5.75 Å². The normalized spacial score (nSPS) is 26.4. The summed E-state index contributed by atoms with van der Waals surface area (Å²) in [5, 5.41) is 0. The number of piperidine rings is 1. The molecule has 0 spiro atoms. The number of nitrogens with zero attached hydrogens (tertiary/aromatic N) is 1. The van der Waals surface area contributed by atoms with E-state index in [4.69, 9.17) is 10.5 Å². The van der Waals surface area contributed by atoms with Gasteiger partial charge in [-0.05, 0) is 48.9 Å². The zero-order chi connectivity index (χ0) is 14.7. The molecular weight excluding hydrogens is 260 g/mol. The Bertz CT molecular complexity index is 474. The highest BCUT2D eigenvalue weighted by Crippen LogP contribution is 2.36. The number of likely N-dealkylation sites (tertiary alicyclic amines) is 1. The van der Waals surface area contributed by atoms with Crippen LogP contribution in [0.2, 0.25) is 0 Å². The number of fused-ring (bicyclic) bond motifs is 1. The van der Waals surface area contributed by atoms with Gasteiger partial charge in [0.2, 0.25) is 0 Å². The highest BCUT2D eigenvalue weighted by atomic mass is 16.5. The fraction of sp³-hybridized carbons (Fsp3) is 0.667. The molecule has 21 heavy (non-hydrogen) atoms. The second-order valence-corrected chi connectivity index (χ2v) is 6.68. The Morgan fingerprint density at radius 1 is 1.19 bits per heavy atom. The molecule has 3 rings (SSSR count). The molecule has 2 atom stereocenters. The van der Waals surface area contributed by atoms with Crippen molar-refractivity contribution < 1.29 is 4.74 Å². The lowest BCUT2D eigenvalue weighted by atomic mass is 9.75. The summed E-state index contributed by atoms with van der Waals surface area (Å²) in [5.74, 6) is 2.92. The second kappa shape index (κ2) is 6.80. The van der Waals surface area contributed by atoms with Gasteiger partial charge in [-0.2, -0.15) is 0 Å². The molecule has 0 bridgehead atoms. The molecule has 3 nitrogen and oxygen atoms in total. The first-order valence-corrected chi connectivity index (χ1v) is 8.38. The lowest BCUT2D eigenvalue weighted by Gasteiger charge is -2.41. The van der Waals surface area contributed by atoms with Crippen molar-refractivity contribution in [3.63, 3.8) is 0 Å². The van der Waals surface area contributed by atoms with Gasteiger partial charge in [-0.3, -0.25) is 4.90 Å². The molecule has 1 aromatic carbocycles. The number of ether oxygens (including phenoxy) is 1. The van der Waals surface area contributed by atoms with Crippen molar-refractivity contribution in [2.24, 2.45) is 17.6 Å². The monoisotopic (exact) mass is 288 g/mol. The van der Waals surface area contributed by atoms with E-state index in [-0.39, 0.29) is 0 Å². The maximum atomic E-state index is 5.78. The molecule has 1 heterocycles. The quantitative estimate of drug-likeness (QED) is 0.925. The molecule has 116 valence electrons. The van der Waals surface area contributed by atoms with Crippen LogP contribution in [-0.2, 0) is 13.1 Å². The molecule has 2 unspecified atom stereocenters. The minimum absolute atomic E-state index is 0.599. The number of hydrogen-bond acceptors (Lipinski definition) is 3. The smallest absolute Gasteiger partial charge is 0.123 e. The molecule has 0 aromatic heterocycles. The third kappa shape index (κ3) is 3.41. The van der Waals surface area contributed by atoms with E-state index in [1.54, 1.807) is 7.11 Å². The molecule has 1 saturated heterocycles. The van der Waals surface area contributed by atoms with Crippen LogP contribution in [0.3, 0.4) is 0 Å². The van der Waals surface area contributed by atoms with Gasteiger partial charge in [-0.1, -0.05) is 25.3 Å². The predicted octanol–water partition coefficient (Wildman–Crippen LogP) is 3.17. The zero-order valence-corrected chi connectivity index (χ0v) is 13.2. The van der Waals surface area contributed by atoms with Crippen molar-refractivity contribution in [3.8, 4) is 5.75 Å². The molecule has 2 fully saturated rings. The summed E-state index contributed by atoms with van der Waals surface area (Å²) in [6.07, 6.45) is 7.16. The SMILES string of the molecule is COc1ccc(CN)cc1CN1CCC2CCCCC2C1. The average molecular weight is 288 g/mol. The van der Waals surface area contributed by atoms with Gasteiger partial charge >= 0.3 is 0 Å². The Balaban J connectivity index is 1.68. The summed E-state index contributed by atoms with van der Waals surface area (Å²) in [5.41, 5.74) is 8.26. The third-order valence-corrected chi connectivity index (χ3v) is 5.35. The van der Waals surface area contributed by atoms with Crippen LogP contribution in [0.1, 0.15) is 43.2 Å².